The molecule has 1 rings (SSSR count). The van der Waals surface area contributed by atoms with Crippen molar-refractivity contribution in [3.05, 3.63) is 0 Å². The molecule has 0 aromatic carbocycles. The lowest BCUT2D eigenvalue weighted by Crippen LogP contribution is -2.48. The van der Waals surface area contributed by atoms with Gasteiger partial charge >= 0.3 is 0 Å². The van der Waals surface area contributed by atoms with E-state index in [9.17, 15) is 9.36 Å². The first kappa shape index (κ1) is 23.0. The van der Waals surface area contributed by atoms with Crippen molar-refractivity contribution in [3.8, 4) is 0 Å². The van der Waals surface area contributed by atoms with Gasteiger partial charge in [0, 0.05) is 0 Å². The molecule has 3 atom stereocenters. The molecule has 148 valence electrons. The van der Waals surface area contributed by atoms with Crippen molar-refractivity contribution in [2.45, 2.75) is 90.4 Å². The van der Waals surface area contributed by atoms with Crippen LogP contribution < -0.4 is 0 Å². The van der Waals surface area contributed by atoms with Gasteiger partial charge in [0.05, 0.1) is 18.9 Å². The summed E-state index contributed by atoms with van der Waals surface area (Å²) in [7, 11) is -5.69. The molecule has 25 heavy (non-hydrogen) atoms. The van der Waals surface area contributed by atoms with Gasteiger partial charge in [-0.3, -0.25) is 4.57 Å². The highest BCUT2D eigenvalue weighted by Crippen LogP contribution is 2.57. The van der Waals surface area contributed by atoms with Crippen LogP contribution >= 0.6 is 7.37 Å². The van der Waals surface area contributed by atoms with Crippen LogP contribution in [0.15, 0.2) is 0 Å². The fraction of sp³-hybridized carbons (Fsp3) is 0.941. The van der Waals surface area contributed by atoms with E-state index in [4.69, 9.17) is 18.4 Å². The molecular weight excluding hydrogens is 359 g/mol. The van der Waals surface area contributed by atoms with Crippen molar-refractivity contribution in [1.29, 1.82) is 0 Å². The van der Waals surface area contributed by atoms with Crippen LogP contribution in [-0.2, 0) is 27.8 Å². The average molecular weight is 395 g/mol. The number of carbonyl (C=O) groups is 1. The minimum absolute atomic E-state index is 0.0793. The normalized spacial score (nSPS) is 25.0. The van der Waals surface area contributed by atoms with Gasteiger partial charge in [0.15, 0.2) is 19.9 Å². The second-order valence-electron chi connectivity index (χ2n) is 8.87. The SMILES string of the molecule is CC(C)OP(=O)(CC=O)[C@H](O[Si](C)(C)C(C)(C)C)[C@@H]1COC(C)(C)O1. The smallest absolute Gasteiger partial charge is 0.239 e. The summed E-state index contributed by atoms with van der Waals surface area (Å²) in [5, 5.41) is -0.0793. The Morgan fingerprint density at radius 2 is 1.88 bits per heavy atom. The third kappa shape index (κ3) is 5.98. The van der Waals surface area contributed by atoms with Gasteiger partial charge in [0.2, 0.25) is 7.37 Å². The van der Waals surface area contributed by atoms with E-state index in [1.165, 1.54) is 0 Å². The van der Waals surface area contributed by atoms with Crippen LogP contribution in [0.2, 0.25) is 18.1 Å². The summed E-state index contributed by atoms with van der Waals surface area (Å²) in [6.07, 6.45) is -0.364. The van der Waals surface area contributed by atoms with E-state index >= 15 is 0 Å². The molecule has 1 aliphatic heterocycles. The zero-order chi connectivity index (χ0) is 19.7. The molecule has 0 aliphatic carbocycles. The van der Waals surface area contributed by atoms with Gasteiger partial charge in [-0.2, -0.15) is 0 Å². The maximum absolute atomic E-state index is 13.6. The van der Waals surface area contributed by atoms with Gasteiger partial charge in [-0.05, 0) is 45.8 Å². The Hall–Kier alpha value is -0.0431. The fourth-order valence-electron chi connectivity index (χ4n) is 2.41. The van der Waals surface area contributed by atoms with Crippen molar-refractivity contribution in [3.63, 3.8) is 0 Å². The summed E-state index contributed by atoms with van der Waals surface area (Å²) < 4.78 is 37.5. The van der Waals surface area contributed by atoms with Gasteiger partial charge in [-0.25, -0.2) is 0 Å². The third-order valence-electron chi connectivity index (χ3n) is 4.68. The standard InChI is InChI=1S/C17H35O6PSi/c1-13(2)22-24(19,11-10-18)15(14-12-20-17(6,7)21-14)23-25(8,9)16(3,4)5/h10,13-15H,11-12H2,1-9H3/t14-,15-,24?/m0/s1. The first-order valence-electron chi connectivity index (χ1n) is 8.84. The summed E-state index contributed by atoms with van der Waals surface area (Å²) in [5.41, 5.74) is 0. The molecule has 0 saturated carbocycles. The van der Waals surface area contributed by atoms with Crippen LogP contribution in [0, 0.1) is 0 Å². The van der Waals surface area contributed by atoms with E-state index in [2.05, 4.69) is 33.9 Å². The van der Waals surface area contributed by atoms with Crippen molar-refractivity contribution in [2.75, 3.05) is 12.8 Å². The van der Waals surface area contributed by atoms with Crippen molar-refractivity contribution in [1.82, 2.24) is 0 Å². The van der Waals surface area contributed by atoms with Crippen LogP contribution in [0.5, 0.6) is 0 Å². The molecule has 1 fully saturated rings. The van der Waals surface area contributed by atoms with Crippen molar-refractivity contribution < 1.29 is 27.8 Å². The molecule has 0 radical (unpaired) electrons. The Kier molecular flexibility index (Phi) is 7.27. The Bertz CT molecular complexity index is 512. The molecule has 1 saturated heterocycles. The van der Waals surface area contributed by atoms with E-state index in [1.807, 2.05) is 13.8 Å². The zero-order valence-corrected chi connectivity index (χ0v) is 19.0. The maximum Gasteiger partial charge on any atom is 0.239 e. The molecular formula is C17H35O6PSi. The Balaban J connectivity index is 3.26. The van der Waals surface area contributed by atoms with Crippen LogP contribution in [0.1, 0.15) is 48.5 Å². The monoisotopic (exact) mass is 394 g/mol. The average Bonchev–Trinajstić information content (AvgIpc) is 2.74. The minimum atomic E-state index is -3.42. The van der Waals surface area contributed by atoms with Gasteiger partial charge in [-0.1, -0.05) is 20.8 Å². The largest absolute Gasteiger partial charge is 0.403 e. The number of aldehydes is 1. The molecule has 1 unspecified atom stereocenters. The lowest BCUT2D eigenvalue weighted by atomic mass is 10.2. The topological polar surface area (TPSA) is 71.1 Å². The molecule has 8 heteroatoms. The lowest BCUT2D eigenvalue weighted by Gasteiger charge is -2.42. The summed E-state index contributed by atoms with van der Waals surface area (Å²) in [6.45, 7) is 18.0. The highest BCUT2D eigenvalue weighted by atomic mass is 31.2. The number of rotatable bonds is 8. The van der Waals surface area contributed by atoms with Crippen LogP contribution in [0.3, 0.4) is 0 Å². The number of hydrogen-bond donors (Lipinski definition) is 0. The highest BCUT2D eigenvalue weighted by Gasteiger charge is 2.51. The van der Waals surface area contributed by atoms with Gasteiger partial charge in [0.25, 0.3) is 0 Å². The van der Waals surface area contributed by atoms with Crippen molar-refractivity contribution in [2.24, 2.45) is 0 Å². The summed E-state index contributed by atoms with van der Waals surface area (Å²) in [5.74, 6) is -1.59. The van der Waals surface area contributed by atoms with Crippen LogP contribution in [0.4, 0.5) is 0 Å². The summed E-state index contributed by atoms with van der Waals surface area (Å²) in [6, 6.07) is 0. The third-order valence-corrected chi connectivity index (χ3v) is 12.0. The zero-order valence-electron chi connectivity index (χ0n) is 17.1. The number of carbonyl (C=O) groups excluding carboxylic acids is 1. The van der Waals surface area contributed by atoms with Gasteiger partial charge in [-0.15, -0.1) is 0 Å². The number of hydrogen-bond acceptors (Lipinski definition) is 6. The first-order valence-corrected chi connectivity index (χ1v) is 13.6. The fourth-order valence-corrected chi connectivity index (χ4v) is 6.94. The minimum Gasteiger partial charge on any atom is -0.403 e. The second kappa shape index (κ2) is 7.91. The molecule has 0 amide bonds. The summed E-state index contributed by atoms with van der Waals surface area (Å²) in [4.78, 5) is 11.2. The Morgan fingerprint density at radius 1 is 1.32 bits per heavy atom. The molecule has 1 aliphatic rings. The predicted molar refractivity (Wildman–Crippen MR) is 102 cm³/mol. The molecule has 0 bridgehead atoms. The Morgan fingerprint density at radius 3 is 2.24 bits per heavy atom. The van der Waals surface area contributed by atoms with E-state index < -0.39 is 33.4 Å². The van der Waals surface area contributed by atoms with E-state index in [0.717, 1.165) is 0 Å². The van der Waals surface area contributed by atoms with E-state index in [1.54, 1.807) is 13.8 Å². The molecule has 1 heterocycles. The Labute approximate surface area is 153 Å². The van der Waals surface area contributed by atoms with Crippen LogP contribution in [0.25, 0.3) is 0 Å². The number of ether oxygens (including phenoxy) is 2. The highest BCUT2D eigenvalue weighted by molar-refractivity contribution is 7.60. The second-order valence-corrected chi connectivity index (χ2v) is 16.2. The van der Waals surface area contributed by atoms with Gasteiger partial charge in [0.1, 0.15) is 12.4 Å². The first-order chi connectivity index (χ1) is 11.1. The van der Waals surface area contributed by atoms with Crippen molar-refractivity contribution >= 4 is 22.0 Å². The van der Waals surface area contributed by atoms with E-state index in [0.29, 0.717) is 6.29 Å². The molecule has 0 aromatic heterocycles. The maximum atomic E-state index is 13.6. The molecule has 0 N–H and O–H groups in total. The molecule has 0 aromatic rings. The predicted octanol–water partition coefficient (Wildman–Crippen LogP) is 4.39. The lowest BCUT2D eigenvalue weighted by molar-refractivity contribution is -0.145. The summed E-state index contributed by atoms with van der Waals surface area (Å²) >= 11 is 0. The molecule has 6 nitrogen and oxygen atoms in total. The van der Waals surface area contributed by atoms with E-state index in [-0.39, 0.29) is 23.9 Å². The quantitative estimate of drug-likeness (QED) is 0.345. The molecule has 0 spiro atoms. The van der Waals surface area contributed by atoms with Gasteiger partial charge < -0.3 is 23.2 Å². The van der Waals surface area contributed by atoms with Crippen LogP contribution in [-0.4, -0.2) is 51.2 Å².